The van der Waals surface area contributed by atoms with Gasteiger partial charge in [-0.2, -0.15) is 5.26 Å². The van der Waals surface area contributed by atoms with E-state index in [1.165, 1.54) is 13.2 Å². The minimum absolute atomic E-state index is 0.00319. The van der Waals surface area contributed by atoms with Crippen LogP contribution >= 0.6 is 11.6 Å². The molecule has 0 aliphatic heterocycles. The largest absolute Gasteiger partial charge is 0.506 e. The third kappa shape index (κ3) is 3.33. The summed E-state index contributed by atoms with van der Waals surface area (Å²) in [6.07, 6.45) is 1.69. The SMILES string of the molecule is COc1ccc(/C(C#N)=C/c2ccc(O)c(Cl)c2)cc1OC. The summed E-state index contributed by atoms with van der Waals surface area (Å²) in [6.45, 7) is 0. The van der Waals surface area contributed by atoms with Crippen molar-refractivity contribution in [2.45, 2.75) is 0 Å². The Morgan fingerprint density at radius 3 is 2.45 bits per heavy atom. The number of hydrogen-bond donors (Lipinski definition) is 1. The molecule has 0 fully saturated rings. The van der Waals surface area contributed by atoms with Crippen molar-refractivity contribution in [3.63, 3.8) is 0 Å². The maximum Gasteiger partial charge on any atom is 0.161 e. The van der Waals surface area contributed by atoms with Crippen molar-refractivity contribution < 1.29 is 14.6 Å². The fourth-order valence-corrected chi connectivity index (χ4v) is 2.15. The first kappa shape index (κ1) is 15.7. The topological polar surface area (TPSA) is 62.5 Å². The molecule has 5 heteroatoms. The minimum Gasteiger partial charge on any atom is -0.506 e. The van der Waals surface area contributed by atoms with Crippen LogP contribution in [0.15, 0.2) is 36.4 Å². The number of phenolic OH excluding ortho intramolecular Hbond substituents is 1. The first-order valence-electron chi connectivity index (χ1n) is 6.41. The summed E-state index contributed by atoms with van der Waals surface area (Å²) in [4.78, 5) is 0. The van der Waals surface area contributed by atoms with Crippen molar-refractivity contribution in [3.8, 4) is 23.3 Å². The summed E-state index contributed by atoms with van der Waals surface area (Å²) in [7, 11) is 3.09. The van der Waals surface area contributed by atoms with Gasteiger partial charge in [0.25, 0.3) is 0 Å². The molecule has 0 saturated carbocycles. The van der Waals surface area contributed by atoms with Crippen LogP contribution in [0.2, 0.25) is 5.02 Å². The number of halogens is 1. The normalized spacial score (nSPS) is 10.9. The maximum atomic E-state index is 9.43. The molecule has 0 unspecified atom stereocenters. The van der Waals surface area contributed by atoms with E-state index in [1.807, 2.05) is 0 Å². The lowest BCUT2D eigenvalue weighted by molar-refractivity contribution is 0.355. The van der Waals surface area contributed by atoms with Crippen LogP contribution in [0.25, 0.3) is 11.6 Å². The lowest BCUT2D eigenvalue weighted by atomic mass is 10.0. The van der Waals surface area contributed by atoms with Gasteiger partial charge in [0.15, 0.2) is 11.5 Å². The van der Waals surface area contributed by atoms with Crippen LogP contribution in [0, 0.1) is 11.3 Å². The first-order chi connectivity index (χ1) is 10.6. The Hall–Kier alpha value is -2.64. The standard InChI is InChI=1S/C17H14ClNO3/c1-21-16-6-4-12(9-17(16)22-2)13(10-19)7-11-3-5-15(20)14(18)8-11/h3-9,20H,1-2H3/b13-7+. The summed E-state index contributed by atoms with van der Waals surface area (Å²) < 4.78 is 10.4. The smallest absolute Gasteiger partial charge is 0.161 e. The van der Waals surface area contributed by atoms with Gasteiger partial charge in [0.2, 0.25) is 0 Å². The number of benzene rings is 2. The Morgan fingerprint density at radius 1 is 1.14 bits per heavy atom. The molecule has 0 heterocycles. The third-order valence-corrected chi connectivity index (χ3v) is 3.40. The van der Waals surface area contributed by atoms with Crippen LogP contribution in [-0.2, 0) is 0 Å². The molecule has 0 spiro atoms. The summed E-state index contributed by atoms with van der Waals surface area (Å²) in [5.74, 6) is 1.14. The van der Waals surface area contributed by atoms with Crippen LogP contribution in [-0.4, -0.2) is 19.3 Å². The van der Waals surface area contributed by atoms with Crippen LogP contribution in [0.3, 0.4) is 0 Å². The molecule has 0 saturated heterocycles. The zero-order valence-electron chi connectivity index (χ0n) is 12.1. The molecule has 0 bridgehead atoms. The van der Waals surface area contributed by atoms with Crippen LogP contribution < -0.4 is 9.47 Å². The van der Waals surface area contributed by atoms with E-state index >= 15 is 0 Å². The van der Waals surface area contributed by atoms with E-state index in [0.717, 1.165) is 0 Å². The predicted molar refractivity (Wildman–Crippen MR) is 86.1 cm³/mol. The van der Waals surface area contributed by atoms with E-state index in [0.29, 0.717) is 28.2 Å². The van der Waals surface area contributed by atoms with Crippen LogP contribution in [0.4, 0.5) is 0 Å². The maximum absolute atomic E-state index is 9.43. The van der Waals surface area contributed by atoms with Gasteiger partial charge in [0, 0.05) is 0 Å². The quantitative estimate of drug-likeness (QED) is 0.680. The molecule has 0 radical (unpaired) electrons. The number of aromatic hydroxyl groups is 1. The van der Waals surface area contributed by atoms with Gasteiger partial charge < -0.3 is 14.6 Å². The Kier molecular flexibility index (Phi) is 4.92. The molecule has 2 rings (SSSR count). The van der Waals surface area contributed by atoms with E-state index in [9.17, 15) is 10.4 Å². The van der Waals surface area contributed by atoms with Gasteiger partial charge in [-0.1, -0.05) is 17.7 Å². The van der Waals surface area contributed by atoms with Crippen molar-refractivity contribution in [1.29, 1.82) is 5.26 Å². The molecular weight excluding hydrogens is 302 g/mol. The highest BCUT2D eigenvalue weighted by atomic mass is 35.5. The predicted octanol–water partition coefficient (Wildman–Crippen LogP) is 4.13. The molecular formula is C17H14ClNO3. The minimum atomic E-state index is 0.00319. The van der Waals surface area contributed by atoms with Gasteiger partial charge in [0.1, 0.15) is 5.75 Å². The second-order valence-electron chi connectivity index (χ2n) is 4.45. The van der Waals surface area contributed by atoms with Gasteiger partial charge in [-0.3, -0.25) is 0 Å². The highest BCUT2D eigenvalue weighted by molar-refractivity contribution is 6.32. The van der Waals surface area contributed by atoms with E-state index in [2.05, 4.69) is 6.07 Å². The molecule has 0 amide bonds. The molecule has 0 atom stereocenters. The number of ether oxygens (including phenoxy) is 2. The van der Waals surface area contributed by atoms with E-state index < -0.39 is 0 Å². The monoisotopic (exact) mass is 315 g/mol. The van der Waals surface area contributed by atoms with Gasteiger partial charge in [0.05, 0.1) is 30.9 Å². The van der Waals surface area contributed by atoms with Crippen molar-refractivity contribution in [2.24, 2.45) is 0 Å². The lowest BCUT2D eigenvalue weighted by Crippen LogP contribution is -1.92. The van der Waals surface area contributed by atoms with E-state index in [4.69, 9.17) is 21.1 Å². The molecule has 0 aliphatic rings. The van der Waals surface area contributed by atoms with Gasteiger partial charge in [-0.15, -0.1) is 0 Å². The average molecular weight is 316 g/mol. The van der Waals surface area contributed by atoms with Crippen molar-refractivity contribution in [3.05, 3.63) is 52.5 Å². The van der Waals surface area contributed by atoms with Crippen molar-refractivity contribution in [1.82, 2.24) is 0 Å². The average Bonchev–Trinajstić information content (AvgIpc) is 2.55. The number of methoxy groups -OCH3 is 2. The van der Waals surface area contributed by atoms with Crippen molar-refractivity contribution in [2.75, 3.05) is 14.2 Å². The van der Waals surface area contributed by atoms with Crippen LogP contribution in [0.5, 0.6) is 17.2 Å². The zero-order valence-corrected chi connectivity index (χ0v) is 12.9. The van der Waals surface area contributed by atoms with E-state index in [1.54, 1.807) is 43.5 Å². The van der Waals surface area contributed by atoms with Gasteiger partial charge in [-0.05, 0) is 47.5 Å². The molecule has 2 aromatic carbocycles. The Bertz CT molecular complexity index is 763. The highest BCUT2D eigenvalue weighted by Crippen LogP contribution is 2.31. The summed E-state index contributed by atoms with van der Waals surface area (Å²) >= 11 is 5.88. The van der Waals surface area contributed by atoms with Gasteiger partial charge >= 0.3 is 0 Å². The highest BCUT2D eigenvalue weighted by Gasteiger charge is 2.08. The van der Waals surface area contributed by atoms with E-state index in [-0.39, 0.29) is 10.8 Å². The lowest BCUT2D eigenvalue weighted by Gasteiger charge is -2.09. The molecule has 1 N–H and O–H groups in total. The number of rotatable bonds is 4. The molecule has 2 aromatic rings. The number of allylic oxidation sites excluding steroid dienone is 1. The van der Waals surface area contributed by atoms with Crippen LogP contribution in [0.1, 0.15) is 11.1 Å². The molecule has 112 valence electrons. The molecule has 4 nitrogen and oxygen atoms in total. The second-order valence-corrected chi connectivity index (χ2v) is 4.86. The van der Waals surface area contributed by atoms with Gasteiger partial charge in [-0.25, -0.2) is 0 Å². The number of phenols is 1. The zero-order chi connectivity index (χ0) is 16.1. The number of hydrogen-bond acceptors (Lipinski definition) is 4. The number of nitrogens with zero attached hydrogens (tertiary/aromatic N) is 1. The molecule has 0 aliphatic carbocycles. The fourth-order valence-electron chi connectivity index (χ4n) is 1.96. The van der Waals surface area contributed by atoms with Crippen molar-refractivity contribution >= 4 is 23.3 Å². The molecule has 0 aromatic heterocycles. The Morgan fingerprint density at radius 2 is 1.86 bits per heavy atom. The third-order valence-electron chi connectivity index (χ3n) is 3.10. The summed E-state index contributed by atoms with van der Waals surface area (Å²) in [5.41, 5.74) is 1.86. The Labute approximate surface area is 133 Å². The summed E-state index contributed by atoms with van der Waals surface area (Å²) in [6, 6.07) is 12.2. The Balaban J connectivity index is 2.45. The number of nitriles is 1. The molecule has 22 heavy (non-hydrogen) atoms. The summed E-state index contributed by atoms with van der Waals surface area (Å²) in [5, 5.41) is 19.0. The second kappa shape index (κ2) is 6.88. The fraction of sp³-hybridized carbons (Fsp3) is 0.118. The first-order valence-corrected chi connectivity index (χ1v) is 6.79.